The summed E-state index contributed by atoms with van der Waals surface area (Å²) < 4.78 is 5.53. The molecule has 2 fully saturated rings. The molecule has 1 atom stereocenters. The zero-order valence-corrected chi connectivity index (χ0v) is 13.3. The van der Waals surface area contributed by atoms with Crippen LogP contribution in [0, 0.1) is 5.41 Å². The first kappa shape index (κ1) is 15.6. The van der Waals surface area contributed by atoms with Gasteiger partial charge in [-0.2, -0.15) is 11.8 Å². The summed E-state index contributed by atoms with van der Waals surface area (Å²) in [5.74, 6) is 1.18. The normalized spacial score (nSPS) is 28.1. The lowest BCUT2D eigenvalue weighted by Gasteiger charge is -2.48. The van der Waals surface area contributed by atoms with Crippen LogP contribution >= 0.6 is 11.8 Å². The maximum absolute atomic E-state index is 9.58. The molecule has 1 N–H and O–H groups in total. The fourth-order valence-corrected chi connectivity index (χ4v) is 4.19. The van der Waals surface area contributed by atoms with Crippen molar-refractivity contribution in [3.8, 4) is 0 Å². The van der Waals surface area contributed by atoms with E-state index < -0.39 is 0 Å². The fraction of sp³-hybridized carbons (Fsp3) is 1.00. The van der Waals surface area contributed by atoms with Crippen molar-refractivity contribution in [1.29, 1.82) is 0 Å². The maximum Gasteiger partial charge on any atom is 0.0586 e. The molecule has 1 spiro atoms. The minimum Gasteiger partial charge on any atom is -0.395 e. The van der Waals surface area contributed by atoms with Gasteiger partial charge in [0.05, 0.1) is 6.61 Å². The molecule has 2 aliphatic rings. The van der Waals surface area contributed by atoms with Crippen molar-refractivity contribution < 1.29 is 9.84 Å². The van der Waals surface area contributed by atoms with Crippen molar-refractivity contribution in [3.05, 3.63) is 0 Å². The Kier molecular flexibility index (Phi) is 6.00. The van der Waals surface area contributed by atoms with Crippen molar-refractivity contribution in [1.82, 2.24) is 4.90 Å². The van der Waals surface area contributed by atoms with Crippen LogP contribution in [0.1, 0.15) is 39.5 Å². The van der Waals surface area contributed by atoms with Crippen LogP contribution in [-0.4, -0.2) is 60.0 Å². The number of likely N-dealkylation sites (tertiary alicyclic amines) is 1. The Morgan fingerprint density at radius 2 is 2.05 bits per heavy atom. The first-order valence-electron chi connectivity index (χ1n) is 7.69. The molecule has 0 aromatic rings. The van der Waals surface area contributed by atoms with Crippen LogP contribution in [0.25, 0.3) is 0 Å². The molecular formula is C15H29NO2S. The SMILES string of the molecule is CC(C)SCCN1CC2(CCOCC2)CCC1CO. The van der Waals surface area contributed by atoms with Crippen LogP contribution in [-0.2, 0) is 4.74 Å². The van der Waals surface area contributed by atoms with Crippen molar-refractivity contribution in [2.75, 3.05) is 38.7 Å². The third kappa shape index (κ3) is 4.35. The van der Waals surface area contributed by atoms with Crippen molar-refractivity contribution in [3.63, 3.8) is 0 Å². The average molecular weight is 287 g/mol. The summed E-state index contributed by atoms with van der Waals surface area (Å²) in [5.41, 5.74) is 0.479. The Hall–Kier alpha value is 0.230. The lowest BCUT2D eigenvalue weighted by atomic mass is 9.72. The molecule has 112 valence electrons. The summed E-state index contributed by atoms with van der Waals surface area (Å²) in [4.78, 5) is 2.55. The molecule has 2 saturated heterocycles. The van der Waals surface area contributed by atoms with Crippen molar-refractivity contribution in [2.24, 2.45) is 5.41 Å². The summed E-state index contributed by atoms with van der Waals surface area (Å²) in [6, 6.07) is 0.390. The van der Waals surface area contributed by atoms with Crippen LogP contribution in [0.3, 0.4) is 0 Å². The molecule has 1 unspecified atom stereocenters. The second-order valence-corrected chi connectivity index (χ2v) is 8.06. The van der Waals surface area contributed by atoms with E-state index in [4.69, 9.17) is 4.74 Å². The van der Waals surface area contributed by atoms with Crippen LogP contribution in [0.15, 0.2) is 0 Å². The Bertz CT molecular complexity index is 267. The molecule has 2 aliphatic heterocycles. The smallest absolute Gasteiger partial charge is 0.0586 e. The topological polar surface area (TPSA) is 32.7 Å². The van der Waals surface area contributed by atoms with E-state index in [-0.39, 0.29) is 0 Å². The van der Waals surface area contributed by atoms with Gasteiger partial charge < -0.3 is 9.84 Å². The highest BCUT2D eigenvalue weighted by Gasteiger charge is 2.40. The molecule has 0 aromatic carbocycles. The molecule has 0 aliphatic carbocycles. The van der Waals surface area contributed by atoms with Gasteiger partial charge in [-0.1, -0.05) is 13.8 Å². The van der Waals surface area contributed by atoms with Gasteiger partial charge in [-0.3, -0.25) is 4.90 Å². The molecule has 0 amide bonds. The number of hydrogen-bond acceptors (Lipinski definition) is 4. The van der Waals surface area contributed by atoms with E-state index in [9.17, 15) is 5.11 Å². The molecule has 4 heteroatoms. The van der Waals surface area contributed by atoms with E-state index in [1.54, 1.807) is 0 Å². The second-order valence-electron chi connectivity index (χ2n) is 6.38. The quantitative estimate of drug-likeness (QED) is 0.841. The zero-order chi connectivity index (χ0) is 13.7. The summed E-state index contributed by atoms with van der Waals surface area (Å²) in [6.45, 7) is 8.97. The summed E-state index contributed by atoms with van der Waals surface area (Å²) in [5, 5.41) is 10.3. The minimum atomic E-state index is 0.318. The van der Waals surface area contributed by atoms with Gasteiger partial charge >= 0.3 is 0 Å². The van der Waals surface area contributed by atoms with Crippen LogP contribution in [0.2, 0.25) is 0 Å². The molecule has 0 aromatic heterocycles. The molecule has 0 saturated carbocycles. The minimum absolute atomic E-state index is 0.318. The number of hydrogen-bond donors (Lipinski definition) is 1. The molecular weight excluding hydrogens is 258 g/mol. The van der Waals surface area contributed by atoms with Gasteiger partial charge in [0.2, 0.25) is 0 Å². The standard InChI is InChI=1S/C15H29NO2S/c1-13(2)19-10-7-16-12-15(4-3-14(16)11-17)5-8-18-9-6-15/h13-14,17H,3-12H2,1-2H3. The number of piperidine rings is 1. The Labute approximate surface area is 122 Å². The van der Waals surface area contributed by atoms with Crippen molar-refractivity contribution >= 4 is 11.8 Å². The number of rotatable bonds is 5. The largest absolute Gasteiger partial charge is 0.395 e. The second kappa shape index (κ2) is 7.30. The van der Waals surface area contributed by atoms with E-state index in [0.717, 1.165) is 26.2 Å². The molecule has 2 rings (SSSR count). The van der Waals surface area contributed by atoms with Crippen molar-refractivity contribution in [2.45, 2.75) is 50.8 Å². The van der Waals surface area contributed by atoms with E-state index in [1.165, 1.54) is 31.6 Å². The molecule has 2 heterocycles. The van der Waals surface area contributed by atoms with Gasteiger partial charge in [-0.25, -0.2) is 0 Å². The van der Waals surface area contributed by atoms with E-state index >= 15 is 0 Å². The Morgan fingerprint density at radius 3 is 2.68 bits per heavy atom. The first-order chi connectivity index (χ1) is 9.15. The van der Waals surface area contributed by atoms with Gasteiger partial charge in [0.25, 0.3) is 0 Å². The summed E-state index contributed by atoms with van der Waals surface area (Å²) in [7, 11) is 0. The summed E-state index contributed by atoms with van der Waals surface area (Å²) >= 11 is 2.02. The lowest BCUT2D eigenvalue weighted by molar-refractivity contribution is -0.0502. The molecule has 3 nitrogen and oxygen atoms in total. The van der Waals surface area contributed by atoms with Gasteiger partial charge in [-0.15, -0.1) is 0 Å². The Morgan fingerprint density at radius 1 is 1.32 bits per heavy atom. The zero-order valence-electron chi connectivity index (χ0n) is 12.4. The van der Waals surface area contributed by atoms with E-state index in [0.29, 0.717) is 23.3 Å². The molecule has 19 heavy (non-hydrogen) atoms. The van der Waals surface area contributed by atoms with Crippen LogP contribution in [0.4, 0.5) is 0 Å². The van der Waals surface area contributed by atoms with Gasteiger partial charge in [-0.05, 0) is 36.3 Å². The highest BCUT2D eigenvalue weighted by molar-refractivity contribution is 7.99. The van der Waals surface area contributed by atoms with Gasteiger partial charge in [0.15, 0.2) is 0 Å². The molecule has 0 radical (unpaired) electrons. The average Bonchev–Trinajstić information content (AvgIpc) is 2.40. The molecule has 0 bridgehead atoms. The highest BCUT2D eigenvalue weighted by Crippen LogP contribution is 2.41. The number of thioether (sulfide) groups is 1. The Balaban J connectivity index is 1.88. The number of aliphatic hydroxyl groups is 1. The predicted octanol–water partition coefficient (Wildman–Crippen LogP) is 2.38. The third-order valence-corrected chi connectivity index (χ3v) is 5.74. The third-order valence-electron chi connectivity index (χ3n) is 4.66. The van der Waals surface area contributed by atoms with Crippen LogP contribution < -0.4 is 0 Å². The number of aliphatic hydroxyl groups excluding tert-OH is 1. The van der Waals surface area contributed by atoms with E-state index in [2.05, 4.69) is 18.7 Å². The van der Waals surface area contributed by atoms with Gasteiger partial charge in [0, 0.05) is 38.1 Å². The summed E-state index contributed by atoms with van der Waals surface area (Å²) in [6.07, 6.45) is 4.84. The maximum atomic E-state index is 9.58. The first-order valence-corrected chi connectivity index (χ1v) is 8.74. The monoisotopic (exact) mass is 287 g/mol. The predicted molar refractivity (Wildman–Crippen MR) is 81.8 cm³/mol. The highest BCUT2D eigenvalue weighted by atomic mass is 32.2. The number of ether oxygens (including phenoxy) is 1. The van der Waals surface area contributed by atoms with Gasteiger partial charge in [0.1, 0.15) is 0 Å². The fourth-order valence-electron chi connectivity index (χ4n) is 3.38. The lowest BCUT2D eigenvalue weighted by Crippen LogP contribution is -2.52. The number of nitrogens with zero attached hydrogens (tertiary/aromatic N) is 1. The van der Waals surface area contributed by atoms with E-state index in [1.807, 2.05) is 11.8 Å². The van der Waals surface area contributed by atoms with Crippen LogP contribution in [0.5, 0.6) is 0 Å².